The molecule has 0 aliphatic heterocycles. The largest absolute Gasteiger partial charge is 0.439 e. The topological polar surface area (TPSA) is 71.4 Å². The third-order valence-corrected chi connectivity index (χ3v) is 4.93. The maximum Gasteiger partial charge on any atom is 0.219 e. The summed E-state index contributed by atoms with van der Waals surface area (Å²) in [4.78, 5) is 13.1. The number of benzene rings is 1. The normalized spacial score (nSPS) is 11.2. The summed E-state index contributed by atoms with van der Waals surface area (Å²) in [6.07, 6.45) is 1.71. The number of pyridine rings is 1. The predicted molar refractivity (Wildman–Crippen MR) is 129 cm³/mol. The molecule has 0 fully saturated rings. The van der Waals surface area contributed by atoms with Crippen LogP contribution in [0, 0.1) is 5.82 Å². The van der Waals surface area contributed by atoms with Gasteiger partial charge in [-0.25, -0.2) is 14.4 Å². The third-order valence-electron chi connectivity index (χ3n) is 4.07. The Kier molecular flexibility index (Phi) is 9.44. The van der Waals surface area contributed by atoms with Crippen molar-refractivity contribution in [2.45, 2.75) is 32.9 Å². The minimum atomic E-state index is -0.347. The molecule has 0 aliphatic rings. The Labute approximate surface area is 197 Å². The van der Waals surface area contributed by atoms with Crippen LogP contribution in [0.25, 0.3) is 0 Å². The van der Waals surface area contributed by atoms with E-state index in [9.17, 15) is 4.39 Å². The highest BCUT2D eigenvalue weighted by atomic mass is 127. The zero-order valence-electron chi connectivity index (χ0n) is 17.1. The van der Waals surface area contributed by atoms with Crippen molar-refractivity contribution in [3.63, 3.8) is 0 Å². The van der Waals surface area contributed by atoms with Gasteiger partial charge in [0.05, 0.1) is 12.2 Å². The number of nitrogens with one attached hydrogen (secondary N) is 2. The fourth-order valence-electron chi connectivity index (χ4n) is 2.46. The number of hydrogen-bond acceptors (Lipinski definition) is 5. The zero-order valence-corrected chi connectivity index (χ0v) is 20.2. The SMILES string of the molecule is CN=C(NCc1ccc(Oc2cccc(F)c2)nc1)NCc1nc(C(C)C)cs1.I. The number of thiazole rings is 1. The molecule has 0 radical (unpaired) electrons. The predicted octanol–water partition coefficient (Wildman–Crippen LogP) is 5.08. The van der Waals surface area contributed by atoms with Gasteiger partial charge in [0.15, 0.2) is 5.96 Å². The van der Waals surface area contributed by atoms with Crippen molar-refractivity contribution in [1.29, 1.82) is 0 Å². The first-order valence-corrected chi connectivity index (χ1v) is 10.2. The van der Waals surface area contributed by atoms with Crippen molar-refractivity contribution < 1.29 is 9.13 Å². The zero-order chi connectivity index (χ0) is 20.6. The lowest BCUT2D eigenvalue weighted by atomic mass is 10.2. The summed E-state index contributed by atoms with van der Waals surface area (Å²) in [6.45, 7) is 5.45. The van der Waals surface area contributed by atoms with E-state index in [0.717, 1.165) is 16.3 Å². The van der Waals surface area contributed by atoms with Gasteiger partial charge in [-0.05, 0) is 23.6 Å². The molecule has 0 saturated heterocycles. The van der Waals surface area contributed by atoms with Crippen molar-refractivity contribution >= 4 is 41.3 Å². The molecule has 3 aromatic rings. The van der Waals surface area contributed by atoms with E-state index >= 15 is 0 Å². The molecule has 3 rings (SSSR count). The fourth-order valence-corrected chi connectivity index (χ4v) is 3.36. The standard InChI is InChI=1S/C21H24FN5OS.HI/c1-14(2)18-13-29-20(27-18)12-26-21(23-3)25-11-15-7-8-19(24-10-15)28-17-6-4-5-16(22)9-17;/h4-10,13-14H,11-12H2,1-3H3,(H2,23,25,26);1H. The van der Waals surface area contributed by atoms with Crippen molar-refractivity contribution in [2.75, 3.05) is 7.05 Å². The summed E-state index contributed by atoms with van der Waals surface area (Å²) >= 11 is 1.64. The van der Waals surface area contributed by atoms with Crippen LogP contribution in [0.1, 0.15) is 36.0 Å². The first-order chi connectivity index (χ1) is 14.0. The van der Waals surface area contributed by atoms with Gasteiger partial charge in [-0.2, -0.15) is 0 Å². The van der Waals surface area contributed by atoms with Crippen LogP contribution in [-0.4, -0.2) is 23.0 Å². The Balaban J connectivity index is 0.00000320. The van der Waals surface area contributed by atoms with E-state index in [0.29, 0.717) is 36.6 Å². The molecule has 0 spiro atoms. The first-order valence-electron chi connectivity index (χ1n) is 9.30. The molecular weight excluding hydrogens is 516 g/mol. The Morgan fingerprint density at radius 3 is 2.63 bits per heavy atom. The molecule has 0 bridgehead atoms. The van der Waals surface area contributed by atoms with Crippen LogP contribution in [0.3, 0.4) is 0 Å². The summed E-state index contributed by atoms with van der Waals surface area (Å²) in [6, 6.07) is 9.62. The number of aliphatic imine (C=N–C) groups is 1. The van der Waals surface area contributed by atoms with E-state index in [1.54, 1.807) is 42.8 Å². The highest BCUT2D eigenvalue weighted by Crippen LogP contribution is 2.20. The van der Waals surface area contributed by atoms with Crippen LogP contribution in [0.2, 0.25) is 0 Å². The van der Waals surface area contributed by atoms with Gasteiger partial charge in [-0.15, -0.1) is 35.3 Å². The van der Waals surface area contributed by atoms with Crippen LogP contribution in [0.5, 0.6) is 11.6 Å². The van der Waals surface area contributed by atoms with Gasteiger partial charge in [0, 0.05) is 37.3 Å². The minimum absolute atomic E-state index is 0. The number of rotatable bonds is 7. The van der Waals surface area contributed by atoms with E-state index < -0.39 is 0 Å². The van der Waals surface area contributed by atoms with Crippen molar-refractivity contribution in [1.82, 2.24) is 20.6 Å². The molecule has 2 aromatic heterocycles. The van der Waals surface area contributed by atoms with Crippen LogP contribution in [-0.2, 0) is 13.1 Å². The molecule has 0 saturated carbocycles. The Bertz CT molecular complexity index is 962. The Morgan fingerprint density at radius 1 is 1.20 bits per heavy atom. The molecule has 0 atom stereocenters. The van der Waals surface area contributed by atoms with Crippen molar-refractivity contribution in [2.24, 2.45) is 4.99 Å². The van der Waals surface area contributed by atoms with E-state index in [1.807, 2.05) is 6.07 Å². The van der Waals surface area contributed by atoms with Crippen LogP contribution >= 0.6 is 35.3 Å². The molecule has 1 aromatic carbocycles. The van der Waals surface area contributed by atoms with E-state index in [1.165, 1.54) is 12.1 Å². The molecule has 0 amide bonds. The third kappa shape index (κ3) is 7.21. The second kappa shape index (κ2) is 11.8. The molecular formula is C21H25FIN5OS. The van der Waals surface area contributed by atoms with Crippen LogP contribution in [0.15, 0.2) is 53.0 Å². The molecule has 9 heteroatoms. The first kappa shape index (κ1) is 24.0. The average Bonchev–Trinajstić information content (AvgIpc) is 3.19. The number of hydrogen-bond donors (Lipinski definition) is 2. The maximum atomic E-state index is 13.2. The van der Waals surface area contributed by atoms with Gasteiger partial charge in [-0.1, -0.05) is 26.0 Å². The number of ether oxygens (including phenoxy) is 1. The second-order valence-electron chi connectivity index (χ2n) is 6.66. The van der Waals surface area contributed by atoms with Gasteiger partial charge in [-0.3, -0.25) is 4.99 Å². The van der Waals surface area contributed by atoms with E-state index in [4.69, 9.17) is 4.74 Å². The molecule has 2 heterocycles. The number of aromatic nitrogens is 2. The molecule has 6 nitrogen and oxygen atoms in total. The van der Waals surface area contributed by atoms with Gasteiger partial charge in [0.25, 0.3) is 0 Å². The lowest BCUT2D eigenvalue weighted by Gasteiger charge is -2.11. The van der Waals surface area contributed by atoms with Crippen molar-refractivity contribution in [3.8, 4) is 11.6 Å². The summed E-state index contributed by atoms with van der Waals surface area (Å²) in [5.74, 6) is 1.59. The lowest BCUT2D eigenvalue weighted by Crippen LogP contribution is -2.36. The average molecular weight is 541 g/mol. The van der Waals surface area contributed by atoms with Gasteiger partial charge >= 0.3 is 0 Å². The van der Waals surface area contributed by atoms with Gasteiger partial charge in [0.1, 0.15) is 16.6 Å². The summed E-state index contributed by atoms with van der Waals surface area (Å²) in [5, 5.41) is 9.63. The molecule has 2 N–H and O–H groups in total. The highest BCUT2D eigenvalue weighted by molar-refractivity contribution is 14.0. The smallest absolute Gasteiger partial charge is 0.219 e. The number of halogens is 2. The minimum Gasteiger partial charge on any atom is -0.439 e. The highest BCUT2D eigenvalue weighted by Gasteiger charge is 2.07. The quantitative estimate of drug-likeness (QED) is 0.248. The van der Waals surface area contributed by atoms with Crippen molar-refractivity contribution in [3.05, 3.63) is 70.1 Å². The molecule has 30 heavy (non-hydrogen) atoms. The lowest BCUT2D eigenvalue weighted by molar-refractivity contribution is 0.457. The maximum absolute atomic E-state index is 13.2. The Hall–Kier alpha value is -2.27. The fraction of sp³-hybridized carbons (Fsp3) is 0.286. The van der Waals surface area contributed by atoms with E-state index in [2.05, 4.69) is 44.8 Å². The van der Waals surface area contributed by atoms with Crippen LogP contribution < -0.4 is 15.4 Å². The van der Waals surface area contributed by atoms with Gasteiger partial charge < -0.3 is 15.4 Å². The van der Waals surface area contributed by atoms with Crippen LogP contribution in [0.4, 0.5) is 4.39 Å². The summed E-state index contributed by atoms with van der Waals surface area (Å²) in [7, 11) is 1.73. The monoisotopic (exact) mass is 541 g/mol. The Morgan fingerprint density at radius 2 is 2.00 bits per heavy atom. The molecule has 0 unspecified atom stereocenters. The number of guanidine groups is 1. The summed E-state index contributed by atoms with van der Waals surface area (Å²) < 4.78 is 18.8. The summed E-state index contributed by atoms with van der Waals surface area (Å²) in [5.41, 5.74) is 2.08. The van der Waals surface area contributed by atoms with E-state index in [-0.39, 0.29) is 29.8 Å². The molecule has 160 valence electrons. The molecule has 0 aliphatic carbocycles. The number of nitrogens with zero attached hydrogens (tertiary/aromatic N) is 3. The second-order valence-corrected chi connectivity index (χ2v) is 7.61. The van der Waals surface area contributed by atoms with Gasteiger partial charge in [0.2, 0.25) is 5.88 Å².